The van der Waals surface area contributed by atoms with Crippen LogP contribution in [0.2, 0.25) is 0 Å². The van der Waals surface area contributed by atoms with Crippen LogP contribution in [0.5, 0.6) is 0 Å². The molecule has 1 aromatic heterocycles. The van der Waals surface area contributed by atoms with Crippen LogP contribution in [0.15, 0.2) is 48.5 Å². The molecule has 0 fully saturated rings. The van der Waals surface area contributed by atoms with Gasteiger partial charge in [0.05, 0.1) is 17.9 Å². The molecule has 168 valence electrons. The van der Waals surface area contributed by atoms with Gasteiger partial charge < -0.3 is 25.8 Å². The Kier molecular flexibility index (Phi) is 7.80. The zero-order valence-electron chi connectivity index (χ0n) is 17.1. The fourth-order valence-electron chi connectivity index (χ4n) is 3.22. The molecule has 3 rings (SSSR count). The SMILES string of the molecule is NCCc1c(NC(=O)[C@H](CC#Cc2ccccc2F)NCP(=O)(O)O)[nH]c2ccccc12. The minimum atomic E-state index is -4.41. The predicted molar refractivity (Wildman–Crippen MR) is 121 cm³/mol. The number of aromatic amines is 1. The van der Waals surface area contributed by atoms with Crippen molar-refractivity contribution in [2.24, 2.45) is 5.73 Å². The summed E-state index contributed by atoms with van der Waals surface area (Å²) in [5.41, 5.74) is 7.55. The lowest BCUT2D eigenvalue weighted by Gasteiger charge is -2.17. The van der Waals surface area contributed by atoms with Crippen molar-refractivity contribution in [1.82, 2.24) is 10.3 Å². The third-order valence-corrected chi connectivity index (χ3v) is 5.31. The minimum Gasteiger partial charge on any atom is -0.341 e. The summed E-state index contributed by atoms with van der Waals surface area (Å²) >= 11 is 0. The topological polar surface area (TPSA) is 140 Å². The molecule has 0 spiro atoms. The Morgan fingerprint density at radius 3 is 2.62 bits per heavy atom. The van der Waals surface area contributed by atoms with E-state index in [1.807, 2.05) is 24.3 Å². The number of benzene rings is 2. The van der Waals surface area contributed by atoms with E-state index in [4.69, 9.17) is 5.73 Å². The molecule has 7 N–H and O–H groups in total. The zero-order valence-corrected chi connectivity index (χ0v) is 18.0. The summed E-state index contributed by atoms with van der Waals surface area (Å²) in [7, 11) is -4.41. The van der Waals surface area contributed by atoms with E-state index >= 15 is 0 Å². The lowest BCUT2D eigenvalue weighted by atomic mass is 10.1. The number of H-pyrrole nitrogens is 1. The van der Waals surface area contributed by atoms with Gasteiger partial charge in [0.1, 0.15) is 11.6 Å². The normalized spacial score (nSPS) is 12.2. The first-order valence-electron chi connectivity index (χ1n) is 9.90. The highest BCUT2D eigenvalue weighted by atomic mass is 31.2. The average molecular weight is 458 g/mol. The van der Waals surface area contributed by atoms with Gasteiger partial charge in [-0.2, -0.15) is 0 Å². The first-order valence-corrected chi connectivity index (χ1v) is 11.7. The molecule has 8 nitrogen and oxygen atoms in total. The van der Waals surface area contributed by atoms with Crippen molar-refractivity contribution in [1.29, 1.82) is 0 Å². The fraction of sp³-hybridized carbons (Fsp3) is 0.227. The van der Waals surface area contributed by atoms with Crippen molar-refractivity contribution in [2.75, 3.05) is 18.1 Å². The van der Waals surface area contributed by atoms with Crippen molar-refractivity contribution >= 4 is 30.2 Å². The molecule has 0 saturated carbocycles. The number of rotatable bonds is 8. The molecule has 0 bridgehead atoms. The van der Waals surface area contributed by atoms with Crippen LogP contribution in [0.25, 0.3) is 10.9 Å². The number of fused-ring (bicyclic) bond motifs is 1. The fourth-order valence-corrected chi connectivity index (χ4v) is 3.68. The van der Waals surface area contributed by atoms with Gasteiger partial charge in [-0.15, -0.1) is 0 Å². The minimum absolute atomic E-state index is 0.0907. The number of anilines is 1. The summed E-state index contributed by atoms with van der Waals surface area (Å²) in [6.07, 6.45) is -0.269. The van der Waals surface area contributed by atoms with E-state index < -0.39 is 31.6 Å². The van der Waals surface area contributed by atoms with Gasteiger partial charge >= 0.3 is 7.60 Å². The van der Waals surface area contributed by atoms with E-state index in [9.17, 15) is 23.5 Å². The molecule has 3 aromatic rings. The van der Waals surface area contributed by atoms with Crippen LogP contribution >= 0.6 is 7.60 Å². The third kappa shape index (κ3) is 6.26. The number of hydrogen-bond acceptors (Lipinski definition) is 4. The molecule has 0 saturated heterocycles. The van der Waals surface area contributed by atoms with Gasteiger partial charge in [0.2, 0.25) is 5.91 Å². The second-order valence-electron chi connectivity index (χ2n) is 7.12. The number of carbonyl (C=O) groups is 1. The van der Waals surface area contributed by atoms with Gasteiger partial charge in [-0.05, 0) is 31.2 Å². The van der Waals surface area contributed by atoms with Gasteiger partial charge in [0, 0.05) is 22.9 Å². The highest BCUT2D eigenvalue weighted by Gasteiger charge is 2.23. The van der Waals surface area contributed by atoms with Gasteiger partial charge in [-0.25, -0.2) is 4.39 Å². The molecule has 0 aliphatic rings. The molecule has 1 amide bonds. The quantitative estimate of drug-likeness (QED) is 0.226. The van der Waals surface area contributed by atoms with E-state index in [1.54, 1.807) is 6.07 Å². The number of nitrogens with two attached hydrogens (primary N) is 1. The van der Waals surface area contributed by atoms with E-state index in [0.717, 1.165) is 16.5 Å². The molecular weight excluding hydrogens is 434 g/mol. The smallest absolute Gasteiger partial charge is 0.339 e. The second kappa shape index (κ2) is 10.6. The van der Waals surface area contributed by atoms with Gasteiger partial charge in [-0.1, -0.05) is 42.2 Å². The number of hydrogen-bond donors (Lipinski definition) is 6. The maximum absolute atomic E-state index is 13.8. The number of halogens is 1. The van der Waals surface area contributed by atoms with Crippen LogP contribution in [0, 0.1) is 17.7 Å². The van der Waals surface area contributed by atoms with E-state index in [2.05, 4.69) is 27.5 Å². The number of para-hydroxylation sites is 1. The van der Waals surface area contributed by atoms with Crippen molar-refractivity contribution in [3.63, 3.8) is 0 Å². The van der Waals surface area contributed by atoms with Gasteiger partial charge in [0.25, 0.3) is 0 Å². The number of carbonyl (C=O) groups excluding carboxylic acids is 1. The lowest BCUT2D eigenvalue weighted by Crippen LogP contribution is -2.41. The largest absolute Gasteiger partial charge is 0.341 e. The molecule has 1 heterocycles. The van der Waals surface area contributed by atoms with Crippen LogP contribution in [0.1, 0.15) is 17.5 Å². The van der Waals surface area contributed by atoms with Gasteiger partial charge in [0.15, 0.2) is 0 Å². The van der Waals surface area contributed by atoms with Crippen LogP contribution in [-0.2, 0) is 15.8 Å². The Morgan fingerprint density at radius 1 is 1.19 bits per heavy atom. The predicted octanol–water partition coefficient (Wildman–Crippen LogP) is 2.28. The summed E-state index contributed by atoms with van der Waals surface area (Å²) in [4.78, 5) is 34.5. The standard InChI is InChI=1S/C22H24FN4O4P/c23-18-9-3-1-6-15(18)7-5-11-20(25-14-32(29,30)31)22(28)27-21-17(12-13-24)16-8-2-4-10-19(16)26-21/h1-4,6,8-10,20,25-26H,11-14,24H2,(H,27,28)(H2,29,30,31)/t20-/m0/s1. The Labute approximate surface area is 184 Å². The molecule has 0 aliphatic carbocycles. The van der Waals surface area contributed by atoms with E-state index in [-0.39, 0.29) is 12.0 Å². The van der Waals surface area contributed by atoms with Crippen molar-refractivity contribution in [3.8, 4) is 11.8 Å². The first-order chi connectivity index (χ1) is 15.3. The van der Waals surface area contributed by atoms with Crippen molar-refractivity contribution in [2.45, 2.75) is 18.9 Å². The van der Waals surface area contributed by atoms with Crippen LogP contribution in [-0.4, -0.2) is 39.6 Å². The highest BCUT2D eigenvalue weighted by molar-refractivity contribution is 7.51. The molecule has 0 aliphatic heterocycles. The molecular formula is C22H24FN4O4P. The van der Waals surface area contributed by atoms with Crippen LogP contribution in [0.3, 0.4) is 0 Å². The maximum atomic E-state index is 13.8. The summed E-state index contributed by atoms with van der Waals surface area (Å²) in [5.74, 6) is 4.80. The summed E-state index contributed by atoms with van der Waals surface area (Å²) < 4.78 is 25.1. The number of nitrogens with one attached hydrogen (secondary N) is 3. The van der Waals surface area contributed by atoms with Crippen LogP contribution in [0.4, 0.5) is 10.2 Å². The van der Waals surface area contributed by atoms with E-state index in [1.165, 1.54) is 18.2 Å². The lowest BCUT2D eigenvalue weighted by molar-refractivity contribution is -0.118. The third-order valence-electron chi connectivity index (χ3n) is 4.72. The second-order valence-corrected chi connectivity index (χ2v) is 8.76. The maximum Gasteiger partial charge on any atom is 0.339 e. The molecule has 10 heteroatoms. The summed E-state index contributed by atoms with van der Waals surface area (Å²) in [6.45, 7) is 0.374. The Morgan fingerprint density at radius 2 is 1.91 bits per heavy atom. The monoisotopic (exact) mass is 458 g/mol. The average Bonchev–Trinajstić information content (AvgIpc) is 3.08. The summed E-state index contributed by atoms with van der Waals surface area (Å²) in [5, 5.41) is 6.25. The summed E-state index contributed by atoms with van der Waals surface area (Å²) in [6, 6.07) is 12.4. The molecule has 0 radical (unpaired) electrons. The Bertz CT molecular complexity index is 1210. The van der Waals surface area contributed by atoms with Crippen LogP contribution < -0.4 is 16.4 Å². The first kappa shape index (κ1) is 23.7. The molecule has 1 atom stereocenters. The molecule has 0 unspecified atom stereocenters. The number of aromatic nitrogens is 1. The van der Waals surface area contributed by atoms with E-state index in [0.29, 0.717) is 18.8 Å². The van der Waals surface area contributed by atoms with Crippen molar-refractivity contribution < 1.29 is 23.5 Å². The Hall–Kier alpha value is -2.99. The Balaban J connectivity index is 1.82. The molecule has 32 heavy (non-hydrogen) atoms. The number of amides is 1. The zero-order chi connectivity index (χ0) is 23.1. The highest BCUT2D eigenvalue weighted by Crippen LogP contribution is 2.32. The molecule has 2 aromatic carbocycles. The van der Waals surface area contributed by atoms with Gasteiger partial charge in [-0.3, -0.25) is 14.7 Å². The van der Waals surface area contributed by atoms with Crippen molar-refractivity contribution in [3.05, 3.63) is 65.5 Å².